The Morgan fingerprint density at radius 1 is 1.25 bits per heavy atom. The van der Waals surface area contributed by atoms with Crippen molar-refractivity contribution in [2.75, 3.05) is 6.61 Å². The molecule has 3 rings (SSSR count). The lowest BCUT2D eigenvalue weighted by Gasteiger charge is -2.25. The molecule has 2 nitrogen and oxygen atoms in total. The number of ether oxygens (including phenoxy) is 1. The molecule has 1 fully saturated rings. The maximum Gasteiger partial charge on any atom is 0.136 e. The van der Waals surface area contributed by atoms with Gasteiger partial charge in [0, 0.05) is 12.0 Å². The fraction of sp³-hybridized carbons (Fsp3) is 0.538. The summed E-state index contributed by atoms with van der Waals surface area (Å²) in [6.07, 6.45) is 5.74. The monoisotopic (exact) mass is 281 g/mol. The van der Waals surface area contributed by atoms with Crippen LogP contribution in [0.15, 0.2) is 16.6 Å². The molecule has 1 saturated carbocycles. The van der Waals surface area contributed by atoms with Crippen LogP contribution in [0, 0.1) is 0 Å². The third-order valence-electron chi connectivity index (χ3n) is 3.81. The van der Waals surface area contributed by atoms with Crippen molar-refractivity contribution in [1.82, 2.24) is 0 Å². The Morgan fingerprint density at radius 2 is 2.00 bits per heavy atom. The summed E-state index contributed by atoms with van der Waals surface area (Å²) in [6.45, 7) is 0.801. The highest BCUT2D eigenvalue weighted by atomic mass is 79.9. The number of hydrogen-bond acceptors (Lipinski definition) is 2. The third kappa shape index (κ3) is 1.57. The quantitative estimate of drug-likeness (QED) is 0.859. The highest BCUT2D eigenvalue weighted by Crippen LogP contribution is 2.42. The molecule has 1 heterocycles. The summed E-state index contributed by atoms with van der Waals surface area (Å²) < 4.78 is 6.66. The van der Waals surface area contributed by atoms with Gasteiger partial charge >= 0.3 is 0 Å². The molecule has 1 aromatic rings. The number of halogens is 1. The van der Waals surface area contributed by atoms with Crippen LogP contribution in [0.5, 0.6) is 5.75 Å². The molecule has 1 aromatic carbocycles. The van der Waals surface area contributed by atoms with Gasteiger partial charge in [0.15, 0.2) is 0 Å². The number of fused-ring (bicyclic) bond motifs is 1. The van der Waals surface area contributed by atoms with Crippen LogP contribution in [0.25, 0.3) is 0 Å². The smallest absolute Gasteiger partial charge is 0.136 e. The Kier molecular flexibility index (Phi) is 2.48. The van der Waals surface area contributed by atoms with Crippen molar-refractivity contribution in [1.29, 1.82) is 0 Å². The van der Waals surface area contributed by atoms with Gasteiger partial charge in [0.1, 0.15) is 5.75 Å². The minimum Gasteiger partial charge on any atom is -0.492 e. The van der Waals surface area contributed by atoms with Crippen LogP contribution in [-0.2, 0) is 12.0 Å². The molecule has 1 aliphatic carbocycles. The molecule has 2 N–H and O–H groups in total. The number of rotatable bonds is 1. The minimum atomic E-state index is -0.0971. The van der Waals surface area contributed by atoms with Crippen LogP contribution in [0.2, 0.25) is 0 Å². The SMILES string of the molecule is NC1(c2cc(Br)c3c(c2)CCO3)CCCC1. The van der Waals surface area contributed by atoms with Gasteiger partial charge in [-0.25, -0.2) is 0 Å². The Hall–Kier alpha value is -0.540. The molecule has 16 heavy (non-hydrogen) atoms. The molecule has 0 spiro atoms. The molecule has 0 amide bonds. The number of hydrogen-bond donors (Lipinski definition) is 1. The minimum absolute atomic E-state index is 0.0971. The number of benzene rings is 1. The van der Waals surface area contributed by atoms with Crippen molar-refractivity contribution in [3.8, 4) is 5.75 Å². The highest BCUT2D eigenvalue weighted by Gasteiger charge is 2.32. The second-order valence-electron chi connectivity index (χ2n) is 4.91. The zero-order valence-electron chi connectivity index (χ0n) is 9.26. The van der Waals surface area contributed by atoms with Gasteiger partial charge in [-0.15, -0.1) is 0 Å². The molecule has 0 atom stereocenters. The van der Waals surface area contributed by atoms with Gasteiger partial charge in [-0.1, -0.05) is 18.9 Å². The van der Waals surface area contributed by atoms with Crippen molar-refractivity contribution in [2.24, 2.45) is 5.73 Å². The second kappa shape index (κ2) is 3.74. The lowest BCUT2D eigenvalue weighted by molar-refractivity contribution is 0.354. The average molecular weight is 282 g/mol. The Balaban J connectivity index is 2.05. The maximum atomic E-state index is 6.48. The van der Waals surface area contributed by atoms with Crippen molar-refractivity contribution >= 4 is 15.9 Å². The first-order valence-corrected chi connectivity index (χ1v) is 6.73. The Bertz CT molecular complexity index is 424. The van der Waals surface area contributed by atoms with Gasteiger partial charge in [0.2, 0.25) is 0 Å². The van der Waals surface area contributed by atoms with Gasteiger partial charge in [-0.3, -0.25) is 0 Å². The standard InChI is InChI=1S/C13H16BrNO/c14-11-8-10(13(15)4-1-2-5-13)7-9-3-6-16-12(9)11/h7-8H,1-6,15H2. The van der Waals surface area contributed by atoms with Gasteiger partial charge in [-0.05, 0) is 46.0 Å². The fourth-order valence-electron chi connectivity index (χ4n) is 2.84. The van der Waals surface area contributed by atoms with Crippen molar-refractivity contribution in [2.45, 2.75) is 37.6 Å². The molecule has 3 heteroatoms. The van der Waals surface area contributed by atoms with Crippen molar-refractivity contribution in [3.05, 3.63) is 27.7 Å². The first kappa shape index (κ1) is 10.6. The zero-order chi connectivity index (χ0) is 11.2. The summed E-state index contributed by atoms with van der Waals surface area (Å²) in [5.74, 6) is 1.02. The topological polar surface area (TPSA) is 35.2 Å². The van der Waals surface area contributed by atoms with Gasteiger partial charge in [-0.2, -0.15) is 0 Å². The van der Waals surface area contributed by atoms with E-state index in [9.17, 15) is 0 Å². The molecular formula is C13H16BrNO. The summed E-state index contributed by atoms with van der Waals surface area (Å²) in [7, 11) is 0. The molecular weight excluding hydrogens is 266 g/mol. The summed E-state index contributed by atoms with van der Waals surface area (Å²) >= 11 is 3.59. The summed E-state index contributed by atoms with van der Waals surface area (Å²) in [5.41, 5.74) is 8.97. The third-order valence-corrected chi connectivity index (χ3v) is 4.40. The van der Waals surface area contributed by atoms with E-state index < -0.39 is 0 Å². The molecule has 0 bridgehead atoms. The van der Waals surface area contributed by atoms with Crippen molar-refractivity contribution in [3.63, 3.8) is 0 Å². The predicted molar refractivity (Wildman–Crippen MR) is 67.7 cm³/mol. The summed E-state index contributed by atoms with van der Waals surface area (Å²) in [5, 5.41) is 0. The average Bonchev–Trinajstić information content (AvgIpc) is 2.86. The van der Waals surface area contributed by atoms with E-state index in [2.05, 4.69) is 28.1 Å². The van der Waals surface area contributed by atoms with Crippen LogP contribution < -0.4 is 10.5 Å². The first-order valence-electron chi connectivity index (χ1n) is 5.94. The van der Waals surface area contributed by atoms with Crippen LogP contribution in [0.4, 0.5) is 0 Å². The second-order valence-corrected chi connectivity index (χ2v) is 5.76. The molecule has 0 radical (unpaired) electrons. The number of nitrogens with two attached hydrogens (primary N) is 1. The van der Waals surface area contributed by atoms with E-state index in [1.807, 2.05) is 0 Å². The molecule has 0 unspecified atom stereocenters. The maximum absolute atomic E-state index is 6.48. The van der Waals surface area contributed by atoms with Crippen LogP contribution in [0.1, 0.15) is 36.8 Å². The predicted octanol–water partition coefficient (Wildman–Crippen LogP) is 3.11. The Morgan fingerprint density at radius 3 is 2.75 bits per heavy atom. The molecule has 1 aliphatic heterocycles. The largest absolute Gasteiger partial charge is 0.492 e. The lowest BCUT2D eigenvalue weighted by Crippen LogP contribution is -2.33. The van der Waals surface area contributed by atoms with Gasteiger partial charge in [0.25, 0.3) is 0 Å². The summed E-state index contributed by atoms with van der Waals surface area (Å²) in [6, 6.07) is 4.40. The summed E-state index contributed by atoms with van der Waals surface area (Å²) in [4.78, 5) is 0. The van der Waals surface area contributed by atoms with E-state index in [-0.39, 0.29) is 5.54 Å². The van der Waals surface area contributed by atoms with Gasteiger partial charge < -0.3 is 10.5 Å². The van der Waals surface area contributed by atoms with Crippen LogP contribution in [-0.4, -0.2) is 6.61 Å². The van der Waals surface area contributed by atoms with Gasteiger partial charge in [0.05, 0.1) is 11.1 Å². The van der Waals surface area contributed by atoms with E-state index in [0.717, 1.165) is 36.1 Å². The Labute approximate surface area is 104 Å². The van der Waals surface area contributed by atoms with E-state index >= 15 is 0 Å². The van der Waals surface area contributed by atoms with Crippen LogP contribution >= 0.6 is 15.9 Å². The van der Waals surface area contributed by atoms with E-state index in [0.29, 0.717) is 0 Å². The van der Waals surface area contributed by atoms with Crippen molar-refractivity contribution < 1.29 is 4.74 Å². The molecule has 0 saturated heterocycles. The zero-order valence-corrected chi connectivity index (χ0v) is 10.8. The van der Waals surface area contributed by atoms with E-state index in [1.54, 1.807) is 0 Å². The molecule has 2 aliphatic rings. The fourth-order valence-corrected chi connectivity index (χ4v) is 3.46. The lowest BCUT2D eigenvalue weighted by atomic mass is 9.88. The van der Waals surface area contributed by atoms with E-state index in [4.69, 9.17) is 10.5 Å². The van der Waals surface area contributed by atoms with Crippen LogP contribution in [0.3, 0.4) is 0 Å². The first-order chi connectivity index (χ1) is 7.69. The highest BCUT2D eigenvalue weighted by molar-refractivity contribution is 9.10. The molecule has 86 valence electrons. The molecule has 0 aromatic heterocycles. The normalized spacial score (nSPS) is 21.9. The van der Waals surface area contributed by atoms with E-state index in [1.165, 1.54) is 24.0 Å².